The molecule has 1 amide bonds. The number of carbonyl (C=O) groups excluding carboxylic acids is 1. The van der Waals surface area contributed by atoms with Crippen LogP contribution in [0.5, 0.6) is 5.75 Å². The maximum absolute atomic E-state index is 12.4. The molecule has 0 bridgehead atoms. The van der Waals surface area contributed by atoms with E-state index < -0.39 is 0 Å². The Kier molecular flexibility index (Phi) is 11.4. The van der Waals surface area contributed by atoms with Crippen LogP contribution in [-0.2, 0) is 16.0 Å². The highest BCUT2D eigenvalue weighted by molar-refractivity contribution is 5.85. The molecule has 1 aromatic rings. The molecular weight excluding hydrogens is 364 g/mol. The van der Waals surface area contributed by atoms with E-state index in [4.69, 9.17) is 15.2 Å². The molecule has 5 nitrogen and oxygen atoms in total. The van der Waals surface area contributed by atoms with Gasteiger partial charge in [-0.25, -0.2) is 0 Å². The second-order valence-corrected chi connectivity index (χ2v) is 7.12. The summed E-state index contributed by atoms with van der Waals surface area (Å²) in [6.07, 6.45) is 5.33. The average Bonchev–Trinajstić information content (AvgIpc) is 2.65. The highest BCUT2D eigenvalue weighted by atomic mass is 35.5. The van der Waals surface area contributed by atoms with Crippen LogP contribution in [0.15, 0.2) is 24.3 Å². The van der Waals surface area contributed by atoms with Gasteiger partial charge in [-0.3, -0.25) is 4.79 Å². The molecule has 1 aliphatic carbocycles. The summed E-state index contributed by atoms with van der Waals surface area (Å²) in [6.45, 7) is 6.30. The molecule has 0 aromatic heterocycles. The molecule has 3 atom stereocenters. The van der Waals surface area contributed by atoms with Crippen LogP contribution in [-0.4, -0.2) is 37.8 Å². The monoisotopic (exact) mass is 398 g/mol. The van der Waals surface area contributed by atoms with Crippen molar-refractivity contribution in [1.82, 2.24) is 5.32 Å². The molecule has 6 heteroatoms. The largest absolute Gasteiger partial charge is 0.494 e. The summed E-state index contributed by atoms with van der Waals surface area (Å²) in [5.74, 6) is 1.02. The smallest absolute Gasteiger partial charge is 0.223 e. The van der Waals surface area contributed by atoms with Crippen LogP contribution in [0.2, 0.25) is 0 Å². The fourth-order valence-electron chi connectivity index (χ4n) is 3.38. The molecule has 3 N–H and O–H groups in total. The van der Waals surface area contributed by atoms with E-state index in [1.54, 1.807) is 0 Å². The molecule has 154 valence electrons. The number of ether oxygens (including phenoxy) is 2. The van der Waals surface area contributed by atoms with Crippen molar-refractivity contribution in [3.8, 4) is 5.75 Å². The highest BCUT2D eigenvalue weighted by Crippen LogP contribution is 2.26. The van der Waals surface area contributed by atoms with Crippen LogP contribution in [0.4, 0.5) is 0 Å². The van der Waals surface area contributed by atoms with E-state index in [2.05, 4.69) is 25.2 Å². The first-order chi connectivity index (χ1) is 12.6. The first-order valence-electron chi connectivity index (χ1n) is 10.0. The lowest BCUT2D eigenvalue weighted by molar-refractivity contribution is -0.127. The summed E-state index contributed by atoms with van der Waals surface area (Å²) in [7, 11) is 0. The Morgan fingerprint density at radius 2 is 2.00 bits per heavy atom. The standard InChI is InChI=1S/C21H34N2O3.ClH/c1-3-12-25-18-7-5-6-16(14-18)10-11-23-21(24)17-8-9-20(19(22)15-17)26-13-4-2;/h5-7,14,17,19-20H,3-4,8-13,15,22H2,1-2H3,(H,23,24);1H/t17-,19+,20+;/m0./s1. The van der Waals surface area contributed by atoms with Crippen LogP contribution < -0.4 is 15.8 Å². The molecular formula is C21H35ClN2O3. The third-order valence-electron chi connectivity index (χ3n) is 4.82. The lowest BCUT2D eigenvalue weighted by Crippen LogP contribution is -2.46. The lowest BCUT2D eigenvalue weighted by Gasteiger charge is -2.33. The number of halogens is 1. The third kappa shape index (κ3) is 8.08. The van der Waals surface area contributed by atoms with Crippen LogP contribution in [0, 0.1) is 5.92 Å². The van der Waals surface area contributed by atoms with Crippen molar-refractivity contribution in [2.24, 2.45) is 11.7 Å². The molecule has 1 saturated carbocycles. The molecule has 0 radical (unpaired) electrons. The molecule has 2 rings (SSSR count). The van der Waals surface area contributed by atoms with E-state index in [9.17, 15) is 4.79 Å². The first kappa shape index (κ1) is 23.7. The summed E-state index contributed by atoms with van der Waals surface area (Å²) in [5, 5.41) is 3.07. The predicted molar refractivity (Wildman–Crippen MR) is 112 cm³/mol. The molecule has 0 heterocycles. The minimum atomic E-state index is -0.0431. The Morgan fingerprint density at radius 1 is 1.22 bits per heavy atom. The Balaban J connectivity index is 0.00000364. The summed E-state index contributed by atoms with van der Waals surface area (Å²) in [5.41, 5.74) is 7.38. The molecule has 1 aromatic carbocycles. The fourth-order valence-corrected chi connectivity index (χ4v) is 3.38. The zero-order chi connectivity index (χ0) is 18.8. The Hall–Kier alpha value is -1.30. The van der Waals surface area contributed by atoms with Crippen molar-refractivity contribution in [3.63, 3.8) is 0 Å². The number of benzene rings is 1. The number of nitrogens with one attached hydrogen (secondary N) is 1. The SMILES string of the molecule is CCCOc1cccc(CCNC(=O)[C@H]2CC[C@@H](OCCC)[C@H](N)C2)c1.Cl. The second kappa shape index (κ2) is 13.0. The summed E-state index contributed by atoms with van der Waals surface area (Å²) in [4.78, 5) is 12.4. The van der Waals surface area contributed by atoms with Gasteiger partial charge in [0.1, 0.15) is 5.75 Å². The van der Waals surface area contributed by atoms with E-state index in [0.29, 0.717) is 13.0 Å². The summed E-state index contributed by atoms with van der Waals surface area (Å²) < 4.78 is 11.4. The van der Waals surface area contributed by atoms with E-state index in [-0.39, 0.29) is 36.4 Å². The van der Waals surface area contributed by atoms with Crippen LogP contribution >= 0.6 is 12.4 Å². The Morgan fingerprint density at radius 3 is 2.70 bits per heavy atom. The van der Waals surface area contributed by atoms with Gasteiger partial charge in [0.15, 0.2) is 0 Å². The normalized spacial score (nSPS) is 22.0. The Bertz CT molecular complexity index is 556. The van der Waals surface area contributed by atoms with Crippen LogP contribution in [0.3, 0.4) is 0 Å². The Labute approximate surface area is 169 Å². The maximum Gasteiger partial charge on any atom is 0.223 e. The maximum atomic E-state index is 12.4. The van der Waals surface area contributed by atoms with Gasteiger partial charge in [0.25, 0.3) is 0 Å². The third-order valence-corrected chi connectivity index (χ3v) is 4.82. The average molecular weight is 399 g/mol. The number of nitrogens with two attached hydrogens (primary N) is 1. The van der Waals surface area contributed by atoms with E-state index in [1.807, 2.05) is 18.2 Å². The van der Waals surface area contributed by atoms with Crippen molar-refractivity contribution >= 4 is 18.3 Å². The van der Waals surface area contributed by atoms with Gasteiger partial charge < -0.3 is 20.5 Å². The number of amides is 1. The first-order valence-corrected chi connectivity index (χ1v) is 10.0. The molecule has 0 spiro atoms. The number of rotatable bonds is 10. The van der Waals surface area contributed by atoms with Gasteiger partial charge in [0.05, 0.1) is 12.7 Å². The molecule has 0 aliphatic heterocycles. The van der Waals surface area contributed by atoms with Crippen molar-refractivity contribution in [2.45, 2.75) is 64.5 Å². The van der Waals surface area contributed by atoms with Crippen LogP contribution in [0.1, 0.15) is 51.5 Å². The van der Waals surface area contributed by atoms with Crippen LogP contribution in [0.25, 0.3) is 0 Å². The number of hydrogen-bond donors (Lipinski definition) is 2. The quantitative estimate of drug-likeness (QED) is 0.632. The van der Waals surface area contributed by atoms with Crippen molar-refractivity contribution in [2.75, 3.05) is 19.8 Å². The zero-order valence-corrected chi connectivity index (χ0v) is 17.4. The van der Waals surface area contributed by atoms with Gasteiger partial charge in [-0.2, -0.15) is 0 Å². The van der Waals surface area contributed by atoms with Gasteiger partial charge in [0.2, 0.25) is 5.91 Å². The molecule has 1 aliphatic rings. The zero-order valence-electron chi connectivity index (χ0n) is 16.6. The lowest BCUT2D eigenvalue weighted by atomic mass is 9.83. The summed E-state index contributed by atoms with van der Waals surface area (Å²) >= 11 is 0. The molecule has 1 fully saturated rings. The molecule has 0 saturated heterocycles. The van der Waals surface area contributed by atoms with E-state index >= 15 is 0 Å². The minimum absolute atomic E-state index is 0. The van der Waals surface area contributed by atoms with Gasteiger partial charge in [-0.1, -0.05) is 26.0 Å². The van der Waals surface area contributed by atoms with Gasteiger partial charge in [-0.05, 0) is 56.2 Å². The predicted octanol–water partition coefficient (Wildman–Crippen LogP) is 3.48. The highest BCUT2D eigenvalue weighted by Gasteiger charge is 2.32. The molecule has 0 unspecified atom stereocenters. The van der Waals surface area contributed by atoms with Crippen molar-refractivity contribution in [3.05, 3.63) is 29.8 Å². The van der Waals surface area contributed by atoms with Crippen molar-refractivity contribution < 1.29 is 14.3 Å². The molecule has 27 heavy (non-hydrogen) atoms. The fraction of sp³-hybridized carbons (Fsp3) is 0.667. The van der Waals surface area contributed by atoms with Gasteiger partial charge in [0, 0.05) is 25.1 Å². The second-order valence-electron chi connectivity index (χ2n) is 7.12. The van der Waals surface area contributed by atoms with E-state index in [0.717, 1.165) is 51.1 Å². The summed E-state index contributed by atoms with van der Waals surface area (Å²) in [6, 6.07) is 8.04. The minimum Gasteiger partial charge on any atom is -0.494 e. The topological polar surface area (TPSA) is 73.6 Å². The number of hydrogen-bond acceptors (Lipinski definition) is 4. The number of carbonyl (C=O) groups is 1. The van der Waals surface area contributed by atoms with Gasteiger partial charge in [-0.15, -0.1) is 12.4 Å². The van der Waals surface area contributed by atoms with Gasteiger partial charge >= 0.3 is 0 Å². The van der Waals surface area contributed by atoms with E-state index in [1.165, 1.54) is 5.56 Å². The van der Waals surface area contributed by atoms with Crippen molar-refractivity contribution in [1.29, 1.82) is 0 Å².